The molecule has 5 heteroatoms. The highest BCUT2D eigenvalue weighted by atomic mass is 19.0. The third kappa shape index (κ3) is 103. The van der Waals surface area contributed by atoms with Gasteiger partial charge in [0, 0.05) is 4.28 Å². The Morgan fingerprint density at radius 1 is 0.476 bits per heavy atom. The summed E-state index contributed by atoms with van der Waals surface area (Å²) in [5.74, 6) is 0. The van der Waals surface area contributed by atoms with Crippen LogP contribution in [0.1, 0.15) is 83.3 Å². The van der Waals surface area contributed by atoms with Gasteiger partial charge in [0.25, 0.3) is 0 Å². The molecule has 0 spiro atoms. The molecule has 0 unspecified atom stereocenters. The molecule has 0 heterocycles. The second kappa shape index (κ2) is 50.3. The van der Waals surface area contributed by atoms with E-state index < -0.39 is 0 Å². The average Bonchev–Trinajstić information content (AvgIpc) is 2.44. The molecule has 0 aliphatic rings. The van der Waals surface area contributed by atoms with E-state index in [1.54, 1.807) is 0 Å². The zero-order valence-corrected chi connectivity index (χ0v) is 15.2. The van der Waals surface area contributed by atoms with Crippen molar-refractivity contribution < 1.29 is 8.98 Å². The van der Waals surface area contributed by atoms with E-state index in [-0.39, 0.29) is 8.98 Å². The summed E-state index contributed by atoms with van der Waals surface area (Å²) in [5.41, 5.74) is 20.6. The van der Waals surface area contributed by atoms with Crippen molar-refractivity contribution in [2.24, 2.45) is 22.9 Å². The Kier molecular flexibility index (Phi) is 78.2. The van der Waals surface area contributed by atoms with Crippen molar-refractivity contribution in [2.45, 2.75) is 79.1 Å². The molecule has 0 saturated heterocycles. The molecule has 142 valence electrons. The molecule has 0 aromatic heterocycles. The maximum atomic E-state index is 5.14. The maximum absolute atomic E-state index is 5.14. The van der Waals surface area contributed by atoms with Crippen LogP contribution in [-0.2, 0) is 0 Å². The summed E-state index contributed by atoms with van der Waals surface area (Å²) in [4.78, 5) is 0. The van der Waals surface area contributed by atoms with Crippen LogP contribution in [0.3, 0.4) is 0 Å². The summed E-state index contributed by atoms with van der Waals surface area (Å²) in [7, 11) is 0. The summed E-state index contributed by atoms with van der Waals surface area (Å²) >= 11 is 0. The zero-order chi connectivity index (χ0) is 16.5. The van der Waals surface area contributed by atoms with Gasteiger partial charge in [0.2, 0.25) is 0 Å². The number of nitrogens with two attached hydrogens (primary N) is 4. The molecular weight excluding hydrogens is 267 g/mol. The Morgan fingerprint density at radius 2 is 0.619 bits per heavy atom. The molecule has 8 N–H and O–H groups in total. The van der Waals surface area contributed by atoms with Crippen LogP contribution in [0.4, 0.5) is 4.70 Å². The predicted octanol–water partition coefficient (Wildman–Crippen LogP) is 3.87. The van der Waals surface area contributed by atoms with E-state index in [1.165, 1.54) is 51.4 Å². The van der Waals surface area contributed by atoms with Crippen LogP contribution in [0, 0.1) is 0 Å². The minimum atomic E-state index is 0. The maximum Gasteiger partial charge on any atom is 0 e. The predicted molar refractivity (Wildman–Crippen MR) is 105 cm³/mol. The van der Waals surface area contributed by atoms with Crippen molar-refractivity contribution in [1.82, 2.24) is 0 Å². The van der Waals surface area contributed by atoms with Gasteiger partial charge in [-0.2, -0.15) is 0 Å². The quantitative estimate of drug-likeness (QED) is 0.545. The fourth-order valence-electron chi connectivity index (χ4n) is 0.816. The van der Waals surface area contributed by atoms with Crippen LogP contribution < -0.4 is 22.9 Å². The lowest BCUT2D eigenvalue weighted by molar-refractivity contribution is 0.807. The molecule has 0 aromatic carbocycles. The summed E-state index contributed by atoms with van der Waals surface area (Å²) < 4.78 is 0. The third-order valence-corrected chi connectivity index (χ3v) is 2.23. The van der Waals surface area contributed by atoms with Crippen LogP contribution in [0.15, 0.2) is 0 Å². The second-order valence-electron chi connectivity index (χ2n) is 4.57. The molecule has 0 aliphatic heterocycles. The van der Waals surface area contributed by atoms with Crippen LogP contribution >= 0.6 is 0 Å². The number of rotatable bonds is 8. The number of unbranched alkanes of at least 4 members (excludes halogenated alkanes) is 4. The standard InChI is InChI=1S/4C4H11N.FH.3H2/c4*1-2-3-4-5;;;;/h4*2-5H2,1H3;4*1H. The van der Waals surface area contributed by atoms with Gasteiger partial charge in [0.15, 0.2) is 0 Å². The van der Waals surface area contributed by atoms with Gasteiger partial charge in [0.05, 0.1) is 0 Å². The third-order valence-electron chi connectivity index (χ3n) is 2.23. The van der Waals surface area contributed by atoms with Crippen molar-refractivity contribution in [2.75, 3.05) is 26.2 Å². The zero-order valence-electron chi connectivity index (χ0n) is 15.2. The first-order valence-corrected chi connectivity index (χ1v) is 8.46. The summed E-state index contributed by atoms with van der Waals surface area (Å²) in [6.45, 7) is 11.9. The van der Waals surface area contributed by atoms with E-state index in [2.05, 4.69) is 27.7 Å². The molecule has 0 radical (unpaired) electrons. The van der Waals surface area contributed by atoms with Gasteiger partial charge in [-0.25, -0.2) is 0 Å². The van der Waals surface area contributed by atoms with Crippen LogP contribution in [-0.4, -0.2) is 26.2 Å². The van der Waals surface area contributed by atoms with Crippen LogP contribution in [0.2, 0.25) is 0 Å². The second-order valence-corrected chi connectivity index (χ2v) is 4.57. The normalized spacial score (nSPS) is 8.00. The van der Waals surface area contributed by atoms with E-state index >= 15 is 0 Å². The van der Waals surface area contributed by atoms with Gasteiger partial charge >= 0.3 is 0 Å². The van der Waals surface area contributed by atoms with Gasteiger partial charge in [-0.1, -0.05) is 53.4 Å². The lowest BCUT2D eigenvalue weighted by Crippen LogP contribution is -1.95. The van der Waals surface area contributed by atoms with E-state index in [0.717, 1.165) is 26.2 Å². The molecular formula is C16H51FN4. The molecule has 0 aromatic rings. The highest BCUT2D eigenvalue weighted by Crippen LogP contribution is 1.78. The van der Waals surface area contributed by atoms with E-state index in [9.17, 15) is 0 Å². The summed E-state index contributed by atoms with van der Waals surface area (Å²) in [6, 6.07) is 0. The monoisotopic (exact) mass is 318 g/mol. The first-order valence-electron chi connectivity index (χ1n) is 8.46. The summed E-state index contributed by atoms with van der Waals surface area (Å²) in [6.07, 6.45) is 9.54. The lowest BCUT2D eigenvalue weighted by Gasteiger charge is -1.80. The number of halogens is 1. The van der Waals surface area contributed by atoms with E-state index in [0.29, 0.717) is 0 Å². The minimum Gasteiger partial charge on any atom is -0.330 e. The van der Waals surface area contributed by atoms with Gasteiger partial charge in [-0.05, 0) is 51.9 Å². The van der Waals surface area contributed by atoms with Crippen molar-refractivity contribution >= 4 is 0 Å². The highest BCUT2D eigenvalue weighted by Gasteiger charge is 1.69. The molecule has 21 heavy (non-hydrogen) atoms. The summed E-state index contributed by atoms with van der Waals surface area (Å²) in [5, 5.41) is 0. The van der Waals surface area contributed by atoms with Crippen molar-refractivity contribution in [3.8, 4) is 0 Å². The Morgan fingerprint density at radius 3 is 0.619 bits per heavy atom. The molecule has 0 amide bonds. The van der Waals surface area contributed by atoms with E-state index in [4.69, 9.17) is 22.9 Å². The molecule has 0 fully saturated rings. The van der Waals surface area contributed by atoms with Gasteiger partial charge in [-0.15, -0.1) is 0 Å². The minimum absolute atomic E-state index is 0. The van der Waals surface area contributed by atoms with Crippen molar-refractivity contribution in [3.63, 3.8) is 0 Å². The fraction of sp³-hybridized carbons (Fsp3) is 1.00. The molecule has 4 nitrogen and oxygen atoms in total. The Hall–Kier alpha value is -0.230. The fourth-order valence-corrected chi connectivity index (χ4v) is 0.816. The molecule has 0 saturated carbocycles. The van der Waals surface area contributed by atoms with Gasteiger partial charge in [-0.3, -0.25) is 4.70 Å². The van der Waals surface area contributed by atoms with Crippen molar-refractivity contribution in [1.29, 1.82) is 0 Å². The molecule has 0 aliphatic carbocycles. The number of hydrogen-bond donors (Lipinski definition) is 4. The Labute approximate surface area is 138 Å². The topological polar surface area (TPSA) is 104 Å². The first kappa shape index (κ1) is 32.6. The van der Waals surface area contributed by atoms with Crippen molar-refractivity contribution in [3.05, 3.63) is 0 Å². The van der Waals surface area contributed by atoms with Crippen LogP contribution in [0.5, 0.6) is 0 Å². The molecule has 0 bridgehead atoms. The number of hydrogen-bond acceptors (Lipinski definition) is 4. The molecule has 0 rings (SSSR count). The Bertz CT molecular complexity index is 87.3. The van der Waals surface area contributed by atoms with E-state index in [1.807, 2.05) is 0 Å². The first-order chi connectivity index (χ1) is 9.66. The average molecular weight is 319 g/mol. The molecule has 0 atom stereocenters. The largest absolute Gasteiger partial charge is 0.330 e. The van der Waals surface area contributed by atoms with Gasteiger partial charge in [0.1, 0.15) is 0 Å². The van der Waals surface area contributed by atoms with Crippen LogP contribution in [0.25, 0.3) is 0 Å². The highest BCUT2D eigenvalue weighted by molar-refractivity contribution is 4.30. The SMILES string of the molecule is CCCCN.CCCCN.CCCCN.CCCCN.F.[HH].[HH].[HH]. The Balaban J connectivity index is -0.0000000225. The smallest absolute Gasteiger partial charge is 0 e. The van der Waals surface area contributed by atoms with Gasteiger partial charge < -0.3 is 22.9 Å². The lowest BCUT2D eigenvalue weighted by atomic mass is 10.3.